The molecule has 0 bridgehead atoms. The van der Waals surface area contributed by atoms with Gasteiger partial charge < -0.3 is 16.4 Å². The van der Waals surface area contributed by atoms with E-state index in [4.69, 9.17) is 5.73 Å². The van der Waals surface area contributed by atoms with Gasteiger partial charge >= 0.3 is 0 Å². The van der Waals surface area contributed by atoms with Gasteiger partial charge in [0.05, 0.1) is 0 Å². The molecule has 4 nitrogen and oxygen atoms in total. The van der Waals surface area contributed by atoms with Crippen molar-refractivity contribution >= 4 is 33.8 Å². The Morgan fingerprint density at radius 2 is 2.46 bits per heavy atom. The van der Waals surface area contributed by atoms with Gasteiger partial charge in [-0.2, -0.15) is 0 Å². The van der Waals surface area contributed by atoms with Crippen LogP contribution in [0.15, 0.2) is 11.6 Å². The van der Waals surface area contributed by atoms with Crippen molar-refractivity contribution in [1.29, 1.82) is 0 Å². The molecule has 0 aromatic carbocycles. The van der Waals surface area contributed by atoms with Crippen LogP contribution in [-0.4, -0.2) is 23.2 Å². The molecule has 0 aliphatic rings. The second kappa shape index (κ2) is 5.71. The number of nitrogens with one attached hydrogen (secondary N) is 2. The van der Waals surface area contributed by atoms with Crippen LogP contribution in [0.25, 0.3) is 0 Å². The van der Waals surface area contributed by atoms with Crippen molar-refractivity contribution in [2.45, 2.75) is 6.42 Å². The zero-order valence-corrected chi connectivity index (χ0v) is 8.75. The largest absolute Gasteiger partial charge is 0.376 e. The van der Waals surface area contributed by atoms with Crippen molar-refractivity contribution in [2.24, 2.45) is 5.73 Å². The summed E-state index contributed by atoms with van der Waals surface area (Å²) in [5.74, 6) is 0. The smallest absolute Gasteiger partial charge is 0.182 e. The van der Waals surface area contributed by atoms with Gasteiger partial charge in [0, 0.05) is 24.7 Å². The van der Waals surface area contributed by atoms with E-state index in [2.05, 4.69) is 27.8 Å². The molecule has 0 saturated carbocycles. The molecule has 1 aromatic heterocycles. The van der Waals surface area contributed by atoms with Crippen LogP contribution >= 0.6 is 23.6 Å². The van der Waals surface area contributed by atoms with Crippen molar-refractivity contribution in [2.75, 3.05) is 18.4 Å². The quantitative estimate of drug-likeness (QED) is 0.501. The Balaban J connectivity index is 1.99. The number of thiocarbonyl (C=S) groups is 1. The highest BCUT2D eigenvalue weighted by atomic mass is 32.1. The zero-order chi connectivity index (χ0) is 9.52. The molecule has 13 heavy (non-hydrogen) atoms. The maximum atomic E-state index is 5.26. The van der Waals surface area contributed by atoms with E-state index in [9.17, 15) is 0 Å². The summed E-state index contributed by atoms with van der Waals surface area (Å²) in [5.41, 5.74) is 5.26. The highest BCUT2D eigenvalue weighted by Gasteiger charge is 1.92. The van der Waals surface area contributed by atoms with Crippen LogP contribution in [0.4, 0.5) is 5.13 Å². The van der Waals surface area contributed by atoms with Crippen molar-refractivity contribution in [1.82, 2.24) is 10.3 Å². The Morgan fingerprint density at radius 3 is 3.08 bits per heavy atom. The molecule has 0 fully saturated rings. The van der Waals surface area contributed by atoms with Gasteiger partial charge in [-0.1, -0.05) is 0 Å². The molecule has 0 spiro atoms. The number of nitrogens with zero attached hydrogens (tertiary/aromatic N) is 1. The number of nitrogens with two attached hydrogens (primary N) is 1. The first-order chi connectivity index (χ1) is 6.29. The molecule has 0 aliphatic heterocycles. The van der Waals surface area contributed by atoms with E-state index in [1.165, 1.54) is 0 Å². The molecule has 1 heterocycles. The fourth-order valence-electron chi connectivity index (χ4n) is 0.806. The maximum absolute atomic E-state index is 5.26. The molecule has 1 rings (SSSR count). The van der Waals surface area contributed by atoms with Gasteiger partial charge in [-0.15, -0.1) is 11.3 Å². The average molecular weight is 216 g/mol. The molecule has 0 radical (unpaired) electrons. The minimum absolute atomic E-state index is 0.356. The lowest BCUT2D eigenvalue weighted by Gasteiger charge is -2.03. The van der Waals surface area contributed by atoms with Crippen molar-refractivity contribution < 1.29 is 0 Å². The summed E-state index contributed by atoms with van der Waals surface area (Å²) < 4.78 is 0. The van der Waals surface area contributed by atoms with E-state index in [1.54, 1.807) is 17.5 Å². The average Bonchev–Trinajstić information content (AvgIpc) is 2.55. The van der Waals surface area contributed by atoms with Gasteiger partial charge in [-0.3, -0.25) is 0 Å². The summed E-state index contributed by atoms with van der Waals surface area (Å²) in [6.45, 7) is 1.68. The van der Waals surface area contributed by atoms with Gasteiger partial charge in [-0.05, 0) is 18.6 Å². The second-order valence-corrected chi connectivity index (χ2v) is 3.74. The van der Waals surface area contributed by atoms with Crippen LogP contribution in [0.5, 0.6) is 0 Å². The number of anilines is 1. The highest BCUT2D eigenvalue weighted by molar-refractivity contribution is 7.80. The van der Waals surface area contributed by atoms with Gasteiger partial charge in [0.25, 0.3) is 0 Å². The molecular weight excluding hydrogens is 204 g/mol. The number of rotatable bonds is 5. The molecule has 4 N–H and O–H groups in total. The van der Waals surface area contributed by atoms with Crippen LogP contribution in [0, 0.1) is 0 Å². The molecule has 0 saturated heterocycles. The van der Waals surface area contributed by atoms with Gasteiger partial charge in [0.15, 0.2) is 10.2 Å². The standard InChI is InChI=1S/C7H12N4S2/c8-6(12)9-2-1-3-10-7-11-4-5-13-7/h4-5H,1-3H2,(H,10,11)(H3,8,9,12). The summed E-state index contributed by atoms with van der Waals surface area (Å²) in [7, 11) is 0. The van der Waals surface area contributed by atoms with Crippen molar-refractivity contribution in [3.05, 3.63) is 11.6 Å². The van der Waals surface area contributed by atoms with E-state index in [1.807, 2.05) is 5.38 Å². The molecule has 0 unspecified atom stereocenters. The van der Waals surface area contributed by atoms with Gasteiger partial charge in [0.1, 0.15) is 0 Å². The Hall–Kier alpha value is -0.880. The lowest BCUT2D eigenvalue weighted by Crippen LogP contribution is -2.30. The third-order valence-electron chi connectivity index (χ3n) is 1.36. The van der Waals surface area contributed by atoms with Crippen LogP contribution in [0.3, 0.4) is 0 Å². The summed E-state index contributed by atoms with van der Waals surface area (Å²) >= 11 is 6.25. The van der Waals surface area contributed by atoms with Gasteiger partial charge in [-0.25, -0.2) is 4.98 Å². The first kappa shape index (κ1) is 10.2. The van der Waals surface area contributed by atoms with Crippen LogP contribution in [0.2, 0.25) is 0 Å². The lowest BCUT2D eigenvalue weighted by molar-refractivity contribution is 0.806. The minimum Gasteiger partial charge on any atom is -0.376 e. The predicted octanol–water partition coefficient (Wildman–Crippen LogP) is 0.778. The van der Waals surface area contributed by atoms with E-state index in [0.29, 0.717) is 5.11 Å². The Bertz CT molecular complexity index is 247. The summed E-state index contributed by atoms with van der Waals surface area (Å²) in [6, 6.07) is 0. The second-order valence-electron chi connectivity index (χ2n) is 2.41. The molecule has 72 valence electrons. The molecule has 6 heteroatoms. The zero-order valence-electron chi connectivity index (χ0n) is 7.12. The summed E-state index contributed by atoms with van der Waals surface area (Å²) in [5, 5.41) is 9.31. The fourth-order valence-corrected chi connectivity index (χ4v) is 1.47. The van der Waals surface area contributed by atoms with Crippen molar-refractivity contribution in [3.8, 4) is 0 Å². The van der Waals surface area contributed by atoms with Crippen LogP contribution in [0.1, 0.15) is 6.42 Å². The molecule has 0 amide bonds. The molecular formula is C7H12N4S2. The summed E-state index contributed by atoms with van der Waals surface area (Å²) in [4.78, 5) is 4.09. The van der Waals surface area contributed by atoms with Crippen molar-refractivity contribution in [3.63, 3.8) is 0 Å². The number of thiazole rings is 1. The number of hydrogen-bond donors (Lipinski definition) is 3. The van der Waals surface area contributed by atoms with E-state index in [0.717, 1.165) is 24.6 Å². The highest BCUT2D eigenvalue weighted by Crippen LogP contribution is 2.09. The van der Waals surface area contributed by atoms with E-state index < -0.39 is 0 Å². The predicted molar refractivity (Wildman–Crippen MR) is 60.0 cm³/mol. The maximum Gasteiger partial charge on any atom is 0.182 e. The van der Waals surface area contributed by atoms with E-state index >= 15 is 0 Å². The molecule has 0 aliphatic carbocycles. The number of aromatic nitrogens is 1. The fraction of sp³-hybridized carbons (Fsp3) is 0.429. The first-order valence-corrected chi connectivity index (χ1v) is 5.24. The van der Waals surface area contributed by atoms with Crippen LogP contribution in [-0.2, 0) is 0 Å². The first-order valence-electron chi connectivity index (χ1n) is 3.95. The molecule has 1 aromatic rings. The monoisotopic (exact) mass is 216 g/mol. The topological polar surface area (TPSA) is 63.0 Å². The van der Waals surface area contributed by atoms with Crippen LogP contribution < -0.4 is 16.4 Å². The lowest BCUT2D eigenvalue weighted by atomic mass is 10.4. The Labute approximate surface area is 86.5 Å². The summed E-state index contributed by atoms with van der Waals surface area (Å²) in [6.07, 6.45) is 2.75. The normalized spacial score (nSPS) is 9.54. The third kappa shape index (κ3) is 4.64. The SMILES string of the molecule is NC(=S)NCCCNc1nccs1. The van der Waals surface area contributed by atoms with E-state index in [-0.39, 0.29) is 0 Å². The minimum atomic E-state index is 0.356. The Kier molecular flexibility index (Phi) is 4.48. The third-order valence-corrected chi connectivity index (χ3v) is 2.24. The van der Waals surface area contributed by atoms with Gasteiger partial charge in [0.2, 0.25) is 0 Å². The Morgan fingerprint density at radius 1 is 1.62 bits per heavy atom. The number of hydrogen-bond acceptors (Lipinski definition) is 4. The molecule has 0 atom stereocenters.